The number of H-pyrrole nitrogens is 1. The molecule has 1 heterocycles. The second-order valence-electron chi connectivity index (χ2n) is 2.31. The van der Waals surface area contributed by atoms with Crippen molar-refractivity contribution >= 4 is 21.8 Å². The molecule has 0 aliphatic heterocycles. The minimum absolute atomic E-state index is 0.00881. The molecule has 1 aromatic heterocycles. The fraction of sp³-hybridized carbons (Fsp3) is 0.429. The number of nitrogens with zero attached hydrogens (tertiary/aromatic N) is 1. The Balaban J connectivity index is 2.15. The second-order valence-corrected chi connectivity index (χ2v) is 2.87. The highest BCUT2D eigenvalue weighted by molar-refractivity contribution is 9.09. The van der Waals surface area contributed by atoms with Crippen molar-refractivity contribution in [2.24, 2.45) is 0 Å². The standard InChI is InChI=1S/C7H10BrN3O/c8-3-7(12)10-2-1-6-4-9-5-11-6/h4-5H,1-3H2,(H,9,11)(H,10,12). The zero-order chi connectivity index (χ0) is 8.81. The lowest BCUT2D eigenvalue weighted by Gasteiger charge is -1.99. The minimum Gasteiger partial charge on any atom is -0.355 e. The molecule has 0 aliphatic rings. The minimum atomic E-state index is 0.00881. The van der Waals surface area contributed by atoms with Crippen LogP contribution in [0.25, 0.3) is 0 Å². The third-order valence-corrected chi connectivity index (χ3v) is 1.90. The molecule has 66 valence electrons. The van der Waals surface area contributed by atoms with Crippen LogP contribution in [0.2, 0.25) is 0 Å². The van der Waals surface area contributed by atoms with Gasteiger partial charge in [-0.2, -0.15) is 0 Å². The summed E-state index contributed by atoms with van der Waals surface area (Å²) in [6.07, 6.45) is 4.17. The number of aromatic nitrogens is 2. The van der Waals surface area contributed by atoms with Gasteiger partial charge in [-0.05, 0) is 0 Å². The molecule has 1 rings (SSSR count). The van der Waals surface area contributed by atoms with Crippen molar-refractivity contribution < 1.29 is 4.79 Å². The lowest BCUT2D eigenvalue weighted by Crippen LogP contribution is -2.26. The zero-order valence-electron chi connectivity index (χ0n) is 6.51. The Morgan fingerprint density at radius 1 is 1.75 bits per heavy atom. The van der Waals surface area contributed by atoms with Gasteiger partial charge in [0.2, 0.25) is 5.91 Å². The number of carbonyl (C=O) groups is 1. The lowest BCUT2D eigenvalue weighted by atomic mass is 10.3. The van der Waals surface area contributed by atoms with Crippen molar-refractivity contribution in [3.05, 3.63) is 18.2 Å². The summed E-state index contributed by atoms with van der Waals surface area (Å²) < 4.78 is 0. The van der Waals surface area contributed by atoms with Gasteiger partial charge in [0.1, 0.15) is 0 Å². The van der Waals surface area contributed by atoms with Crippen molar-refractivity contribution in [1.82, 2.24) is 15.3 Å². The predicted molar refractivity (Wildman–Crippen MR) is 49.1 cm³/mol. The first kappa shape index (κ1) is 9.25. The first-order valence-electron chi connectivity index (χ1n) is 3.63. The summed E-state index contributed by atoms with van der Waals surface area (Å²) in [5.41, 5.74) is 1.03. The molecule has 0 saturated heterocycles. The monoisotopic (exact) mass is 231 g/mol. The Hall–Kier alpha value is -0.840. The Labute approximate surface area is 78.9 Å². The topological polar surface area (TPSA) is 57.8 Å². The number of halogens is 1. The van der Waals surface area contributed by atoms with E-state index < -0.39 is 0 Å². The van der Waals surface area contributed by atoms with Gasteiger partial charge in [-0.3, -0.25) is 4.79 Å². The van der Waals surface area contributed by atoms with Crippen molar-refractivity contribution in [3.63, 3.8) is 0 Å². The first-order valence-corrected chi connectivity index (χ1v) is 4.75. The molecule has 0 aromatic carbocycles. The van der Waals surface area contributed by atoms with Crippen molar-refractivity contribution in [2.45, 2.75) is 6.42 Å². The lowest BCUT2D eigenvalue weighted by molar-refractivity contribution is -0.118. The van der Waals surface area contributed by atoms with Gasteiger partial charge >= 0.3 is 0 Å². The number of hydrogen-bond donors (Lipinski definition) is 2. The van der Waals surface area contributed by atoms with E-state index >= 15 is 0 Å². The van der Waals surface area contributed by atoms with Crippen LogP contribution in [0, 0.1) is 0 Å². The van der Waals surface area contributed by atoms with E-state index in [-0.39, 0.29) is 5.91 Å². The van der Waals surface area contributed by atoms with E-state index in [1.54, 1.807) is 12.5 Å². The maximum absolute atomic E-state index is 10.8. The summed E-state index contributed by atoms with van der Waals surface area (Å²) >= 11 is 3.06. The van der Waals surface area contributed by atoms with Crippen LogP contribution in [-0.2, 0) is 11.2 Å². The van der Waals surface area contributed by atoms with Crippen LogP contribution in [0.3, 0.4) is 0 Å². The molecule has 0 unspecified atom stereocenters. The maximum atomic E-state index is 10.8. The van der Waals surface area contributed by atoms with Gasteiger partial charge in [-0.25, -0.2) is 4.98 Å². The van der Waals surface area contributed by atoms with E-state index in [4.69, 9.17) is 0 Å². The summed E-state index contributed by atoms with van der Waals surface area (Å²) in [5.74, 6) is 0.00881. The van der Waals surface area contributed by atoms with E-state index in [0.29, 0.717) is 11.9 Å². The highest BCUT2D eigenvalue weighted by atomic mass is 79.9. The summed E-state index contributed by atoms with van der Waals surface area (Å²) in [6, 6.07) is 0. The SMILES string of the molecule is O=C(CBr)NCCc1cnc[nH]1. The molecular weight excluding hydrogens is 222 g/mol. The van der Waals surface area contributed by atoms with Crippen LogP contribution >= 0.6 is 15.9 Å². The second kappa shape index (κ2) is 4.92. The molecule has 12 heavy (non-hydrogen) atoms. The molecular formula is C7H10BrN3O. The summed E-state index contributed by atoms with van der Waals surface area (Å²) in [5, 5.41) is 3.09. The average molecular weight is 232 g/mol. The van der Waals surface area contributed by atoms with Crippen molar-refractivity contribution in [1.29, 1.82) is 0 Å². The van der Waals surface area contributed by atoms with Crippen molar-refractivity contribution in [2.75, 3.05) is 11.9 Å². The van der Waals surface area contributed by atoms with Gasteiger partial charge in [0.25, 0.3) is 0 Å². The van der Waals surface area contributed by atoms with Gasteiger partial charge in [-0.15, -0.1) is 0 Å². The average Bonchev–Trinajstić information content (AvgIpc) is 2.57. The molecule has 0 aliphatic carbocycles. The summed E-state index contributed by atoms with van der Waals surface area (Å²) in [4.78, 5) is 17.6. The number of alkyl halides is 1. The number of aromatic amines is 1. The van der Waals surface area contributed by atoms with Crippen LogP contribution in [0.5, 0.6) is 0 Å². The molecule has 0 radical (unpaired) electrons. The molecule has 0 fully saturated rings. The van der Waals surface area contributed by atoms with E-state index in [1.165, 1.54) is 0 Å². The van der Waals surface area contributed by atoms with E-state index in [0.717, 1.165) is 12.1 Å². The molecule has 1 amide bonds. The third-order valence-electron chi connectivity index (χ3n) is 1.39. The molecule has 0 bridgehead atoms. The fourth-order valence-electron chi connectivity index (χ4n) is 0.805. The first-order chi connectivity index (χ1) is 5.83. The van der Waals surface area contributed by atoms with Gasteiger partial charge in [0.15, 0.2) is 0 Å². The van der Waals surface area contributed by atoms with Crippen LogP contribution in [-0.4, -0.2) is 27.7 Å². The third kappa shape index (κ3) is 3.04. The van der Waals surface area contributed by atoms with Crippen LogP contribution < -0.4 is 5.32 Å². The number of imidazole rings is 1. The van der Waals surface area contributed by atoms with E-state index in [2.05, 4.69) is 31.2 Å². The van der Waals surface area contributed by atoms with Gasteiger partial charge in [-0.1, -0.05) is 15.9 Å². The van der Waals surface area contributed by atoms with Gasteiger partial charge in [0.05, 0.1) is 11.7 Å². The molecule has 0 spiro atoms. The summed E-state index contributed by atoms with van der Waals surface area (Å²) in [7, 11) is 0. The van der Waals surface area contributed by atoms with Crippen LogP contribution in [0.4, 0.5) is 0 Å². The molecule has 2 N–H and O–H groups in total. The van der Waals surface area contributed by atoms with E-state index in [1.807, 2.05) is 0 Å². The summed E-state index contributed by atoms with van der Waals surface area (Å²) in [6.45, 7) is 0.645. The van der Waals surface area contributed by atoms with E-state index in [9.17, 15) is 4.79 Å². The number of amides is 1. The molecule has 5 heteroatoms. The van der Waals surface area contributed by atoms with Gasteiger partial charge in [0, 0.05) is 24.9 Å². The quantitative estimate of drug-likeness (QED) is 0.741. The highest BCUT2D eigenvalue weighted by Gasteiger charge is 1.97. The predicted octanol–water partition coefficient (Wildman–Crippen LogP) is 0.463. The van der Waals surface area contributed by atoms with Crippen LogP contribution in [0.1, 0.15) is 5.69 Å². The largest absolute Gasteiger partial charge is 0.355 e. The molecule has 1 aromatic rings. The number of carbonyl (C=O) groups excluding carboxylic acids is 1. The molecule has 4 nitrogen and oxygen atoms in total. The maximum Gasteiger partial charge on any atom is 0.230 e. The number of rotatable bonds is 4. The normalized spacial score (nSPS) is 9.75. The van der Waals surface area contributed by atoms with Gasteiger partial charge < -0.3 is 10.3 Å². The molecule has 0 atom stereocenters. The highest BCUT2D eigenvalue weighted by Crippen LogP contribution is 1.90. The Bertz CT molecular complexity index is 235. The fourth-order valence-corrected chi connectivity index (χ4v) is 1.00. The zero-order valence-corrected chi connectivity index (χ0v) is 8.10. The van der Waals surface area contributed by atoms with Crippen LogP contribution in [0.15, 0.2) is 12.5 Å². The smallest absolute Gasteiger partial charge is 0.230 e. The Morgan fingerprint density at radius 2 is 2.58 bits per heavy atom. The number of hydrogen-bond acceptors (Lipinski definition) is 2. The number of nitrogens with one attached hydrogen (secondary N) is 2. The van der Waals surface area contributed by atoms with Crippen molar-refractivity contribution in [3.8, 4) is 0 Å². The Morgan fingerprint density at radius 3 is 3.17 bits per heavy atom. The molecule has 0 saturated carbocycles. The Kier molecular flexibility index (Phi) is 3.79.